The summed E-state index contributed by atoms with van der Waals surface area (Å²) in [5.74, 6) is -1.37. The van der Waals surface area contributed by atoms with E-state index in [4.69, 9.17) is 17.3 Å². The van der Waals surface area contributed by atoms with Gasteiger partial charge in [0.2, 0.25) is 11.9 Å². The van der Waals surface area contributed by atoms with Gasteiger partial charge in [-0.2, -0.15) is 4.98 Å². The summed E-state index contributed by atoms with van der Waals surface area (Å²) in [7, 11) is 3.01. The first-order chi connectivity index (χ1) is 14.8. The molecule has 0 aliphatic carbocycles. The number of primary amides is 1. The molecule has 0 aliphatic rings. The van der Waals surface area contributed by atoms with E-state index in [1.807, 2.05) is 0 Å². The first-order valence-corrected chi connectivity index (χ1v) is 9.45. The molecule has 10 heteroatoms. The van der Waals surface area contributed by atoms with Crippen molar-refractivity contribution in [2.24, 2.45) is 5.73 Å². The summed E-state index contributed by atoms with van der Waals surface area (Å²) < 4.78 is 0. The van der Waals surface area contributed by atoms with E-state index in [0.717, 1.165) is 0 Å². The lowest BCUT2D eigenvalue weighted by atomic mass is 10.1. The van der Waals surface area contributed by atoms with Crippen LogP contribution >= 0.6 is 11.6 Å². The SMILES string of the molecule is CN(C)C(=O)C(=O)c1ccccc1Nc1nc(Nc2ccc(C(N)=O)cc2)ncc1Cl. The van der Waals surface area contributed by atoms with Gasteiger partial charge < -0.3 is 21.3 Å². The van der Waals surface area contributed by atoms with Crippen LogP contribution in [0.4, 0.5) is 23.1 Å². The topological polar surface area (TPSA) is 130 Å². The highest BCUT2D eigenvalue weighted by molar-refractivity contribution is 6.43. The van der Waals surface area contributed by atoms with E-state index in [9.17, 15) is 14.4 Å². The zero-order chi connectivity index (χ0) is 22.5. The van der Waals surface area contributed by atoms with E-state index in [2.05, 4.69) is 20.6 Å². The summed E-state index contributed by atoms with van der Waals surface area (Å²) in [5, 5.41) is 6.20. The maximum absolute atomic E-state index is 12.5. The molecule has 4 N–H and O–H groups in total. The first kappa shape index (κ1) is 21.7. The summed E-state index contributed by atoms with van der Waals surface area (Å²) in [6.07, 6.45) is 1.40. The predicted molar refractivity (Wildman–Crippen MR) is 118 cm³/mol. The van der Waals surface area contributed by atoms with E-state index in [-0.39, 0.29) is 22.4 Å². The van der Waals surface area contributed by atoms with Crippen LogP contribution in [-0.4, -0.2) is 46.6 Å². The van der Waals surface area contributed by atoms with Gasteiger partial charge in [0.15, 0.2) is 5.82 Å². The Kier molecular flexibility index (Phi) is 6.46. The number of likely N-dealkylation sites (N-methyl/N-ethyl adjacent to an activating group) is 1. The van der Waals surface area contributed by atoms with Crippen LogP contribution < -0.4 is 16.4 Å². The summed E-state index contributed by atoms with van der Waals surface area (Å²) >= 11 is 6.22. The molecule has 0 bridgehead atoms. The van der Waals surface area contributed by atoms with Crippen LogP contribution in [0.1, 0.15) is 20.7 Å². The number of halogens is 1. The van der Waals surface area contributed by atoms with Crippen molar-refractivity contribution in [1.82, 2.24) is 14.9 Å². The molecule has 3 rings (SSSR count). The van der Waals surface area contributed by atoms with Gasteiger partial charge in [-0.15, -0.1) is 0 Å². The minimum Gasteiger partial charge on any atom is -0.366 e. The Hall–Kier alpha value is -3.98. The fraction of sp³-hybridized carbons (Fsp3) is 0.0952. The maximum atomic E-state index is 12.5. The van der Waals surface area contributed by atoms with Gasteiger partial charge in [-0.25, -0.2) is 4.98 Å². The number of carbonyl (C=O) groups is 3. The summed E-state index contributed by atoms with van der Waals surface area (Å²) in [4.78, 5) is 45.5. The lowest BCUT2D eigenvalue weighted by Gasteiger charge is -2.14. The van der Waals surface area contributed by atoms with Crippen LogP contribution in [0.2, 0.25) is 5.02 Å². The molecule has 2 aromatic carbocycles. The molecule has 1 heterocycles. The Bertz CT molecular complexity index is 1150. The van der Waals surface area contributed by atoms with Crippen LogP contribution in [0.15, 0.2) is 54.7 Å². The molecule has 0 aliphatic heterocycles. The number of rotatable bonds is 7. The quantitative estimate of drug-likeness (QED) is 0.381. The zero-order valence-electron chi connectivity index (χ0n) is 16.7. The molecular weight excluding hydrogens is 420 g/mol. The van der Waals surface area contributed by atoms with Crippen molar-refractivity contribution in [1.29, 1.82) is 0 Å². The lowest BCUT2D eigenvalue weighted by Crippen LogP contribution is -2.30. The number of ketones is 1. The molecule has 0 saturated heterocycles. The number of hydrogen-bond donors (Lipinski definition) is 3. The molecule has 0 fully saturated rings. The molecule has 158 valence electrons. The number of anilines is 4. The molecule has 0 atom stereocenters. The number of para-hydroxylation sites is 1. The molecule has 3 aromatic rings. The second-order valence-electron chi connectivity index (χ2n) is 6.66. The highest BCUT2D eigenvalue weighted by atomic mass is 35.5. The molecule has 9 nitrogen and oxygen atoms in total. The monoisotopic (exact) mass is 438 g/mol. The van der Waals surface area contributed by atoms with Crippen molar-refractivity contribution in [3.8, 4) is 0 Å². The van der Waals surface area contributed by atoms with Gasteiger partial charge in [0, 0.05) is 25.3 Å². The number of carbonyl (C=O) groups excluding carboxylic acids is 3. The minimum atomic E-state index is -0.661. The fourth-order valence-corrected chi connectivity index (χ4v) is 2.74. The third kappa shape index (κ3) is 5.14. The van der Waals surface area contributed by atoms with Gasteiger partial charge in [0.25, 0.3) is 11.7 Å². The first-order valence-electron chi connectivity index (χ1n) is 9.07. The van der Waals surface area contributed by atoms with Gasteiger partial charge in [-0.05, 0) is 36.4 Å². The minimum absolute atomic E-state index is 0.187. The number of nitrogens with zero attached hydrogens (tertiary/aromatic N) is 3. The van der Waals surface area contributed by atoms with Crippen LogP contribution in [0, 0.1) is 0 Å². The van der Waals surface area contributed by atoms with Crippen LogP contribution in [0.3, 0.4) is 0 Å². The summed E-state index contributed by atoms with van der Waals surface area (Å²) in [6, 6.07) is 13.0. The number of amides is 2. The van der Waals surface area contributed by atoms with Gasteiger partial charge >= 0.3 is 0 Å². The number of benzene rings is 2. The average molecular weight is 439 g/mol. The Morgan fingerprint density at radius 2 is 1.68 bits per heavy atom. The highest BCUT2D eigenvalue weighted by Gasteiger charge is 2.21. The summed E-state index contributed by atoms with van der Waals surface area (Å²) in [5.41, 5.74) is 6.81. The van der Waals surface area contributed by atoms with Gasteiger partial charge in [0.1, 0.15) is 5.02 Å². The molecule has 1 aromatic heterocycles. The molecule has 31 heavy (non-hydrogen) atoms. The van der Waals surface area contributed by atoms with Crippen molar-refractivity contribution >= 4 is 52.3 Å². The van der Waals surface area contributed by atoms with Gasteiger partial charge in [0.05, 0.1) is 17.4 Å². The number of Topliss-reactive ketones (excluding diaryl/α,β-unsaturated/α-hetero) is 1. The van der Waals surface area contributed by atoms with Crippen LogP contribution in [-0.2, 0) is 4.79 Å². The molecule has 2 amide bonds. The zero-order valence-corrected chi connectivity index (χ0v) is 17.5. The standard InChI is InChI=1S/C21H19ClN6O3/c1-28(2)20(31)17(29)14-5-3-4-6-16(14)26-19-15(22)11-24-21(27-19)25-13-9-7-12(8-10-13)18(23)30/h3-11H,1-2H3,(H2,23,30)(H2,24,25,26,27). The third-order valence-corrected chi connectivity index (χ3v) is 4.47. The smallest absolute Gasteiger partial charge is 0.294 e. The number of hydrogen-bond acceptors (Lipinski definition) is 7. The van der Waals surface area contributed by atoms with Gasteiger partial charge in [-0.3, -0.25) is 14.4 Å². The number of nitrogens with one attached hydrogen (secondary N) is 2. The Balaban J connectivity index is 1.86. The van der Waals surface area contributed by atoms with Gasteiger partial charge in [-0.1, -0.05) is 23.7 Å². The average Bonchev–Trinajstić information content (AvgIpc) is 2.75. The van der Waals surface area contributed by atoms with Crippen molar-refractivity contribution in [2.75, 3.05) is 24.7 Å². The van der Waals surface area contributed by atoms with Crippen molar-refractivity contribution < 1.29 is 14.4 Å². The van der Waals surface area contributed by atoms with Crippen molar-refractivity contribution in [3.63, 3.8) is 0 Å². The lowest BCUT2D eigenvalue weighted by molar-refractivity contribution is -0.124. The maximum Gasteiger partial charge on any atom is 0.294 e. The second-order valence-corrected chi connectivity index (χ2v) is 7.06. The van der Waals surface area contributed by atoms with Crippen molar-refractivity contribution in [3.05, 3.63) is 70.9 Å². The highest BCUT2D eigenvalue weighted by Crippen LogP contribution is 2.27. The van der Waals surface area contributed by atoms with E-state index in [0.29, 0.717) is 16.9 Å². The van der Waals surface area contributed by atoms with Crippen LogP contribution in [0.5, 0.6) is 0 Å². The molecular formula is C21H19ClN6O3. The molecule has 0 saturated carbocycles. The Morgan fingerprint density at radius 1 is 1.00 bits per heavy atom. The Morgan fingerprint density at radius 3 is 2.32 bits per heavy atom. The predicted octanol–water partition coefficient (Wildman–Crippen LogP) is 2.99. The van der Waals surface area contributed by atoms with E-state index in [1.165, 1.54) is 25.2 Å². The fourth-order valence-electron chi connectivity index (χ4n) is 2.60. The summed E-state index contributed by atoms with van der Waals surface area (Å²) in [6.45, 7) is 0. The van der Waals surface area contributed by atoms with E-state index in [1.54, 1.807) is 48.5 Å². The normalized spacial score (nSPS) is 10.3. The largest absolute Gasteiger partial charge is 0.366 e. The Labute approximate surface area is 183 Å². The third-order valence-electron chi connectivity index (χ3n) is 4.19. The van der Waals surface area contributed by atoms with Crippen molar-refractivity contribution in [2.45, 2.75) is 0 Å². The van der Waals surface area contributed by atoms with Crippen LogP contribution in [0.25, 0.3) is 0 Å². The number of nitrogens with two attached hydrogens (primary N) is 1. The van der Waals surface area contributed by atoms with E-state index >= 15 is 0 Å². The molecule has 0 unspecified atom stereocenters. The van der Waals surface area contributed by atoms with E-state index < -0.39 is 17.6 Å². The number of aromatic nitrogens is 2. The second kappa shape index (κ2) is 9.23. The molecule has 0 radical (unpaired) electrons. The molecule has 0 spiro atoms.